The minimum absolute atomic E-state index is 0.137. The van der Waals surface area contributed by atoms with Gasteiger partial charge in [-0.05, 0) is 97.4 Å². The highest BCUT2D eigenvalue weighted by molar-refractivity contribution is 5.91. The van der Waals surface area contributed by atoms with E-state index < -0.39 is 0 Å². The van der Waals surface area contributed by atoms with Crippen molar-refractivity contribution in [2.75, 3.05) is 0 Å². The van der Waals surface area contributed by atoms with E-state index in [2.05, 4.69) is 34.6 Å². The molecule has 0 aromatic rings. The van der Waals surface area contributed by atoms with Crippen LogP contribution >= 0.6 is 0 Å². The molecular weight excluding hydrogens is 368 g/mol. The first-order valence-electron chi connectivity index (χ1n) is 13.1. The van der Waals surface area contributed by atoms with Crippen LogP contribution in [0.3, 0.4) is 0 Å². The Bertz CT molecular complexity index is 678. The van der Waals surface area contributed by atoms with E-state index >= 15 is 0 Å². The molecular formula is C28H46O2. The minimum atomic E-state index is -0.263. The first kappa shape index (κ1) is 22.6. The second-order valence-corrected chi connectivity index (χ2v) is 12.6. The smallest absolute Gasteiger partial charge is 0.155 e. The summed E-state index contributed by atoms with van der Waals surface area (Å²) in [5, 5.41) is 11.0. The summed E-state index contributed by atoms with van der Waals surface area (Å²) in [6.07, 6.45) is 14.6. The van der Waals surface area contributed by atoms with E-state index in [0.29, 0.717) is 23.7 Å². The highest BCUT2D eigenvalue weighted by atomic mass is 16.3. The van der Waals surface area contributed by atoms with Crippen LogP contribution in [0.15, 0.2) is 11.6 Å². The Morgan fingerprint density at radius 3 is 2.57 bits per heavy atom. The van der Waals surface area contributed by atoms with Gasteiger partial charge in [-0.25, -0.2) is 0 Å². The van der Waals surface area contributed by atoms with Gasteiger partial charge in [-0.1, -0.05) is 59.5 Å². The van der Waals surface area contributed by atoms with Crippen molar-refractivity contribution in [3.8, 4) is 0 Å². The number of carbonyl (C=O) groups excluding carboxylic acids is 1. The molecule has 0 heterocycles. The van der Waals surface area contributed by atoms with Crippen molar-refractivity contribution in [2.45, 2.75) is 111 Å². The molecule has 0 amide bonds. The van der Waals surface area contributed by atoms with Gasteiger partial charge in [0.05, 0.1) is 6.10 Å². The number of allylic oxidation sites excluding steroid dienone is 1. The van der Waals surface area contributed by atoms with Gasteiger partial charge in [0.15, 0.2) is 5.78 Å². The van der Waals surface area contributed by atoms with Crippen molar-refractivity contribution in [1.29, 1.82) is 0 Å². The third-order valence-corrected chi connectivity index (χ3v) is 10.4. The lowest BCUT2D eigenvalue weighted by atomic mass is 9.50. The highest BCUT2D eigenvalue weighted by Gasteiger charge is 2.59. The average molecular weight is 415 g/mol. The molecule has 4 rings (SSSR count). The number of hydrogen-bond donors (Lipinski definition) is 1. The van der Waals surface area contributed by atoms with Crippen molar-refractivity contribution in [3.05, 3.63) is 11.6 Å². The summed E-state index contributed by atoms with van der Waals surface area (Å²) in [4.78, 5) is 12.2. The van der Waals surface area contributed by atoms with E-state index in [1.165, 1.54) is 50.5 Å². The standard InChI is InChI=1S/C28H46O2/c1-18(2)7-6-8-19(3)24-9-10-25-23-17-22(30)16-20-15-21(29)11-13-27(20,4)26(23)12-14-28(24,25)5/h15,18-19,22-26,30H,6-14,16-17H2,1-5H3/t19-,22?,23-,24-,25+,26+,27+,28-/m1/s1. The zero-order valence-corrected chi connectivity index (χ0v) is 20.3. The van der Waals surface area contributed by atoms with Crippen molar-refractivity contribution in [1.82, 2.24) is 0 Å². The fourth-order valence-corrected chi connectivity index (χ4v) is 8.77. The van der Waals surface area contributed by atoms with Crippen LogP contribution in [0.4, 0.5) is 0 Å². The van der Waals surface area contributed by atoms with Crippen molar-refractivity contribution in [3.63, 3.8) is 0 Å². The molecule has 0 aromatic heterocycles. The van der Waals surface area contributed by atoms with E-state index in [0.717, 1.165) is 42.9 Å². The van der Waals surface area contributed by atoms with Crippen LogP contribution in [0.2, 0.25) is 0 Å². The zero-order valence-electron chi connectivity index (χ0n) is 20.3. The molecule has 0 aliphatic heterocycles. The molecule has 170 valence electrons. The molecule has 1 unspecified atom stereocenters. The summed E-state index contributed by atoms with van der Waals surface area (Å²) in [6.45, 7) is 12.3. The Hall–Kier alpha value is -0.630. The number of aliphatic hydroxyl groups is 1. The van der Waals surface area contributed by atoms with Gasteiger partial charge in [0, 0.05) is 6.42 Å². The SMILES string of the molecule is CC(C)CCC[C@@H](C)[C@H]1CC[C@H]2[C@H]3CC(O)CC4=CC(=O)CC[C@]4(C)[C@H]3CC[C@]12C. The topological polar surface area (TPSA) is 37.3 Å². The predicted octanol–water partition coefficient (Wildman–Crippen LogP) is 6.96. The van der Waals surface area contributed by atoms with Crippen LogP contribution in [0.5, 0.6) is 0 Å². The second kappa shape index (κ2) is 8.38. The molecule has 0 spiro atoms. The Labute approximate surface area is 185 Å². The lowest BCUT2D eigenvalue weighted by molar-refractivity contribution is -0.116. The number of fused-ring (bicyclic) bond motifs is 5. The summed E-state index contributed by atoms with van der Waals surface area (Å²) >= 11 is 0. The summed E-state index contributed by atoms with van der Waals surface area (Å²) in [7, 11) is 0. The fourth-order valence-electron chi connectivity index (χ4n) is 8.77. The molecule has 1 N–H and O–H groups in total. The number of rotatable bonds is 5. The largest absolute Gasteiger partial charge is 0.393 e. The molecule has 8 atom stereocenters. The third-order valence-electron chi connectivity index (χ3n) is 10.4. The number of hydrogen-bond acceptors (Lipinski definition) is 2. The van der Waals surface area contributed by atoms with Gasteiger partial charge in [-0.3, -0.25) is 4.79 Å². The normalized spacial score (nSPS) is 44.7. The van der Waals surface area contributed by atoms with Crippen LogP contribution < -0.4 is 0 Å². The molecule has 0 bridgehead atoms. The van der Waals surface area contributed by atoms with Gasteiger partial charge >= 0.3 is 0 Å². The number of carbonyl (C=O) groups is 1. The maximum Gasteiger partial charge on any atom is 0.155 e. The lowest BCUT2D eigenvalue weighted by Gasteiger charge is -2.54. The van der Waals surface area contributed by atoms with Crippen molar-refractivity contribution < 1.29 is 9.90 Å². The maximum absolute atomic E-state index is 12.2. The van der Waals surface area contributed by atoms with E-state index in [1.807, 2.05) is 6.08 Å². The van der Waals surface area contributed by atoms with Gasteiger partial charge in [0.1, 0.15) is 0 Å². The van der Waals surface area contributed by atoms with E-state index in [-0.39, 0.29) is 17.3 Å². The van der Waals surface area contributed by atoms with Crippen LogP contribution in [0, 0.1) is 46.3 Å². The van der Waals surface area contributed by atoms with Crippen LogP contribution in [-0.2, 0) is 4.79 Å². The summed E-state index contributed by atoms with van der Waals surface area (Å²) in [5.74, 6) is 4.83. The molecule has 3 saturated carbocycles. The molecule has 30 heavy (non-hydrogen) atoms. The summed E-state index contributed by atoms with van der Waals surface area (Å²) < 4.78 is 0. The van der Waals surface area contributed by atoms with Crippen molar-refractivity contribution in [2.24, 2.45) is 46.3 Å². The molecule has 0 saturated heterocycles. The first-order chi connectivity index (χ1) is 14.1. The Morgan fingerprint density at radius 1 is 1.07 bits per heavy atom. The van der Waals surface area contributed by atoms with Gasteiger partial charge in [-0.2, -0.15) is 0 Å². The van der Waals surface area contributed by atoms with Gasteiger partial charge in [-0.15, -0.1) is 0 Å². The Morgan fingerprint density at radius 2 is 1.83 bits per heavy atom. The molecule has 4 aliphatic rings. The van der Waals surface area contributed by atoms with Crippen LogP contribution in [0.1, 0.15) is 105 Å². The van der Waals surface area contributed by atoms with Crippen LogP contribution in [-0.4, -0.2) is 17.0 Å². The average Bonchev–Trinajstić information content (AvgIpc) is 2.97. The maximum atomic E-state index is 12.2. The fraction of sp³-hybridized carbons (Fsp3) is 0.893. The summed E-state index contributed by atoms with van der Waals surface area (Å²) in [5.41, 5.74) is 1.87. The van der Waals surface area contributed by atoms with Gasteiger partial charge in [0.2, 0.25) is 0 Å². The lowest BCUT2D eigenvalue weighted by Crippen LogP contribution is -2.48. The molecule has 4 aliphatic carbocycles. The molecule has 0 radical (unpaired) electrons. The number of aliphatic hydroxyl groups excluding tert-OH is 1. The number of ketones is 1. The van der Waals surface area contributed by atoms with E-state index in [9.17, 15) is 9.90 Å². The molecule has 2 heteroatoms. The van der Waals surface area contributed by atoms with E-state index in [1.54, 1.807) is 0 Å². The van der Waals surface area contributed by atoms with Gasteiger partial charge in [0.25, 0.3) is 0 Å². The highest BCUT2D eigenvalue weighted by Crippen LogP contribution is 2.66. The van der Waals surface area contributed by atoms with Crippen LogP contribution in [0.25, 0.3) is 0 Å². The molecule has 2 nitrogen and oxygen atoms in total. The Balaban J connectivity index is 1.56. The zero-order chi connectivity index (χ0) is 21.7. The minimum Gasteiger partial charge on any atom is -0.393 e. The summed E-state index contributed by atoms with van der Waals surface area (Å²) in [6, 6.07) is 0. The molecule has 3 fully saturated rings. The monoisotopic (exact) mass is 414 g/mol. The predicted molar refractivity (Wildman–Crippen MR) is 124 cm³/mol. The second-order valence-electron chi connectivity index (χ2n) is 12.6. The van der Waals surface area contributed by atoms with Gasteiger partial charge < -0.3 is 5.11 Å². The Kier molecular flexibility index (Phi) is 6.30. The van der Waals surface area contributed by atoms with E-state index in [4.69, 9.17) is 0 Å². The molecule has 0 aromatic carbocycles. The first-order valence-corrected chi connectivity index (χ1v) is 13.1. The van der Waals surface area contributed by atoms with Crippen molar-refractivity contribution >= 4 is 5.78 Å². The third kappa shape index (κ3) is 3.84. The quantitative estimate of drug-likeness (QED) is 0.528.